The molecular weight excluding hydrogens is 240 g/mol. The van der Waals surface area contributed by atoms with Gasteiger partial charge in [0.25, 0.3) is 5.91 Å². The van der Waals surface area contributed by atoms with Gasteiger partial charge in [0.1, 0.15) is 11.6 Å². The van der Waals surface area contributed by atoms with Crippen molar-refractivity contribution in [3.8, 4) is 0 Å². The minimum Gasteiger partial charge on any atom is -0.396 e. The summed E-state index contributed by atoms with van der Waals surface area (Å²) in [6.07, 6.45) is 0.561. The molecule has 0 aliphatic rings. The van der Waals surface area contributed by atoms with Crippen LogP contribution in [-0.2, 0) is 0 Å². The number of rotatable bonds is 5. The van der Waals surface area contributed by atoms with E-state index >= 15 is 0 Å². The highest BCUT2D eigenvalue weighted by Gasteiger charge is 2.15. The SMILES string of the molecule is Cc1cc(C(=O)NCC(C)CCO)c(F)cc1F. The molecule has 0 heterocycles. The van der Waals surface area contributed by atoms with Gasteiger partial charge in [-0.1, -0.05) is 6.92 Å². The second kappa shape index (κ2) is 6.44. The van der Waals surface area contributed by atoms with E-state index in [1.165, 1.54) is 13.0 Å². The van der Waals surface area contributed by atoms with Gasteiger partial charge in [-0.05, 0) is 30.9 Å². The summed E-state index contributed by atoms with van der Waals surface area (Å²) < 4.78 is 26.5. The third-order valence-electron chi connectivity index (χ3n) is 2.73. The van der Waals surface area contributed by atoms with E-state index in [9.17, 15) is 13.6 Å². The summed E-state index contributed by atoms with van der Waals surface area (Å²) in [5.74, 6) is -2.01. The molecule has 0 saturated carbocycles. The number of benzene rings is 1. The number of aliphatic hydroxyl groups excluding tert-OH is 1. The second-order valence-electron chi connectivity index (χ2n) is 4.41. The van der Waals surface area contributed by atoms with Crippen LogP contribution in [0.2, 0.25) is 0 Å². The Morgan fingerprint density at radius 3 is 2.67 bits per heavy atom. The fraction of sp³-hybridized carbons (Fsp3) is 0.462. The van der Waals surface area contributed by atoms with Gasteiger partial charge in [0.2, 0.25) is 0 Å². The summed E-state index contributed by atoms with van der Waals surface area (Å²) in [6, 6.07) is 1.90. The van der Waals surface area contributed by atoms with Crippen LogP contribution in [0.15, 0.2) is 12.1 Å². The molecular formula is C13H17F2NO2. The topological polar surface area (TPSA) is 49.3 Å². The fourth-order valence-corrected chi connectivity index (χ4v) is 1.52. The van der Waals surface area contributed by atoms with Crippen molar-refractivity contribution in [3.05, 3.63) is 34.9 Å². The second-order valence-corrected chi connectivity index (χ2v) is 4.41. The molecule has 0 radical (unpaired) electrons. The van der Waals surface area contributed by atoms with E-state index in [2.05, 4.69) is 5.32 Å². The number of carbonyl (C=O) groups is 1. The van der Waals surface area contributed by atoms with E-state index in [0.717, 1.165) is 0 Å². The van der Waals surface area contributed by atoms with Crippen molar-refractivity contribution in [1.29, 1.82) is 0 Å². The maximum absolute atomic E-state index is 13.4. The molecule has 0 saturated heterocycles. The Kier molecular flexibility index (Phi) is 5.22. The molecule has 0 aliphatic carbocycles. The first kappa shape index (κ1) is 14.6. The predicted octanol–water partition coefficient (Wildman–Crippen LogP) is 2.02. The van der Waals surface area contributed by atoms with Crippen molar-refractivity contribution >= 4 is 5.91 Å². The van der Waals surface area contributed by atoms with E-state index in [0.29, 0.717) is 19.0 Å². The predicted molar refractivity (Wildman–Crippen MR) is 64.3 cm³/mol. The lowest BCUT2D eigenvalue weighted by molar-refractivity contribution is 0.0941. The minimum atomic E-state index is -0.870. The van der Waals surface area contributed by atoms with E-state index in [1.807, 2.05) is 6.92 Å². The third kappa shape index (κ3) is 3.77. The average Bonchev–Trinajstić information content (AvgIpc) is 2.31. The lowest BCUT2D eigenvalue weighted by Gasteiger charge is -2.12. The lowest BCUT2D eigenvalue weighted by atomic mass is 10.1. The Morgan fingerprint density at radius 1 is 1.39 bits per heavy atom. The molecule has 5 heteroatoms. The van der Waals surface area contributed by atoms with Crippen LogP contribution in [0.5, 0.6) is 0 Å². The van der Waals surface area contributed by atoms with Crippen LogP contribution in [0, 0.1) is 24.5 Å². The van der Waals surface area contributed by atoms with Gasteiger partial charge < -0.3 is 10.4 Å². The van der Waals surface area contributed by atoms with Crippen LogP contribution in [0.4, 0.5) is 8.78 Å². The molecule has 2 N–H and O–H groups in total. The highest BCUT2D eigenvalue weighted by atomic mass is 19.1. The number of aliphatic hydroxyl groups is 1. The van der Waals surface area contributed by atoms with Crippen LogP contribution in [-0.4, -0.2) is 24.2 Å². The van der Waals surface area contributed by atoms with Crippen molar-refractivity contribution < 1.29 is 18.7 Å². The summed E-state index contributed by atoms with van der Waals surface area (Å²) >= 11 is 0. The first-order chi connectivity index (χ1) is 8.45. The van der Waals surface area contributed by atoms with Crippen LogP contribution in [0.1, 0.15) is 29.3 Å². The van der Waals surface area contributed by atoms with Gasteiger partial charge in [0, 0.05) is 19.2 Å². The molecule has 100 valence electrons. The Hall–Kier alpha value is -1.49. The normalized spacial score (nSPS) is 12.3. The largest absolute Gasteiger partial charge is 0.396 e. The zero-order chi connectivity index (χ0) is 13.7. The number of carbonyl (C=O) groups excluding carboxylic acids is 1. The van der Waals surface area contributed by atoms with Gasteiger partial charge in [-0.25, -0.2) is 8.78 Å². The number of hydrogen-bond donors (Lipinski definition) is 2. The summed E-state index contributed by atoms with van der Waals surface area (Å²) in [6.45, 7) is 3.72. The zero-order valence-corrected chi connectivity index (χ0v) is 10.5. The zero-order valence-electron chi connectivity index (χ0n) is 10.5. The molecule has 0 fully saturated rings. The number of hydrogen-bond acceptors (Lipinski definition) is 2. The van der Waals surface area contributed by atoms with E-state index in [4.69, 9.17) is 5.11 Å². The molecule has 0 aliphatic heterocycles. The van der Waals surface area contributed by atoms with Crippen LogP contribution >= 0.6 is 0 Å². The standard InChI is InChI=1S/C13H17F2NO2/c1-8(3-4-17)7-16-13(18)10-5-9(2)11(14)6-12(10)15/h5-6,8,17H,3-4,7H2,1-2H3,(H,16,18). The average molecular weight is 257 g/mol. The maximum Gasteiger partial charge on any atom is 0.254 e. The van der Waals surface area contributed by atoms with Crippen LogP contribution in [0.25, 0.3) is 0 Å². The molecule has 0 bridgehead atoms. The summed E-state index contributed by atoms with van der Waals surface area (Å²) in [7, 11) is 0. The van der Waals surface area contributed by atoms with Crippen molar-refractivity contribution in [2.75, 3.05) is 13.2 Å². The summed E-state index contributed by atoms with van der Waals surface area (Å²) in [5, 5.41) is 11.3. The van der Waals surface area contributed by atoms with Crippen molar-refractivity contribution in [1.82, 2.24) is 5.32 Å². The minimum absolute atomic E-state index is 0.0427. The summed E-state index contributed by atoms with van der Waals surface area (Å²) in [4.78, 5) is 11.7. The Morgan fingerprint density at radius 2 is 2.06 bits per heavy atom. The molecule has 1 atom stereocenters. The molecule has 0 aromatic heterocycles. The first-order valence-corrected chi connectivity index (χ1v) is 5.80. The van der Waals surface area contributed by atoms with Crippen LogP contribution in [0.3, 0.4) is 0 Å². The molecule has 1 aromatic rings. The lowest BCUT2D eigenvalue weighted by Crippen LogP contribution is -2.29. The highest BCUT2D eigenvalue weighted by Crippen LogP contribution is 2.14. The van der Waals surface area contributed by atoms with Crippen molar-refractivity contribution in [2.24, 2.45) is 5.92 Å². The van der Waals surface area contributed by atoms with Crippen molar-refractivity contribution in [3.63, 3.8) is 0 Å². The smallest absolute Gasteiger partial charge is 0.254 e. The fourth-order valence-electron chi connectivity index (χ4n) is 1.52. The molecule has 3 nitrogen and oxygen atoms in total. The molecule has 0 spiro atoms. The monoisotopic (exact) mass is 257 g/mol. The van der Waals surface area contributed by atoms with Gasteiger partial charge >= 0.3 is 0 Å². The van der Waals surface area contributed by atoms with E-state index < -0.39 is 17.5 Å². The van der Waals surface area contributed by atoms with Gasteiger partial charge in [-0.3, -0.25) is 4.79 Å². The van der Waals surface area contributed by atoms with Gasteiger partial charge in [0.05, 0.1) is 5.56 Å². The molecule has 1 amide bonds. The van der Waals surface area contributed by atoms with Gasteiger partial charge in [0.15, 0.2) is 0 Å². The highest BCUT2D eigenvalue weighted by molar-refractivity contribution is 5.94. The molecule has 1 aromatic carbocycles. The molecule has 1 rings (SSSR count). The number of nitrogens with one attached hydrogen (secondary N) is 1. The Balaban J connectivity index is 2.70. The molecule has 1 unspecified atom stereocenters. The van der Waals surface area contributed by atoms with Gasteiger partial charge in [-0.15, -0.1) is 0 Å². The molecule has 18 heavy (non-hydrogen) atoms. The number of amides is 1. The maximum atomic E-state index is 13.4. The first-order valence-electron chi connectivity index (χ1n) is 5.80. The Labute approximate surface area is 105 Å². The van der Waals surface area contributed by atoms with E-state index in [1.54, 1.807) is 0 Å². The number of aryl methyl sites for hydroxylation is 1. The Bertz CT molecular complexity index is 435. The van der Waals surface area contributed by atoms with Crippen LogP contribution < -0.4 is 5.32 Å². The van der Waals surface area contributed by atoms with E-state index in [-0.39, 0.29) is 23.7 Å². The third-order valence-corrected chi connectivity index (χ3v) is 2.73. The van der Waals surface area contributed by atoms with Gasteiger partial charge in [-0.2, -0.15) is 0 Å². The summed E-state index contributed by atoms with van der Waals surface area (Å²) in [5.41, 5.74) is 0.0649. The van der Waals surface area contributed by atoms with Crippen molar-refractivity contribution in [2.45, 2.75) is 20.3 Å². The number of halogens is 2. The quantitative estimate of drug-likeness (QED) is 0.848.